The molecule has 158 valence electrons. The number of allylic oxidation sites excluding steroid dienone is 1. The van der Waals surface area contributed by atoms with Crippen LogP contribution in [0.2, 0.25) is 0 Å². The first-order valence-electron chi connectivity index (χ1n) is 9.91. The lowest BCUT2D eigenvalue weighted by Crippen LogP contribution is -2.26. The summed E-state index contributed by atoms with van der Waals surface area (Å²) in [6.07, 6.45) is 1.42. The van der Waals surface area contributed by atoms with E-state index < -0.39 is 11.9 Å². The third kappa shape index (κ3) is 4.98. The molecule has 0 bridgehead atoms. The summed E-state index contributed by atoms with van der Waals surface area (Å²) in [5, 5.41) is 14.2. The van der Waals surface area contributed by atoms with Crippen molar-refractivity contribution in [1.29, 1.82) is 0 Å². The Labute approximate surface area is 180 Å². The number of anilines is 1. The predicted molar refractivity (Wildman–Crippen MR) is 122 cm³/mol. The van der Waals surface area contributed by atoms with Crippen LogP contribution < -0.4 is 5.32 Å². The average molecular weight is 416 g/mol. The second kappa shape index (κ2) is 9.26. The van der Waals surface area contributed by atoms with Gasteiger partial charge in [0.05, 0.1) is 11.3 Å². The Bertz CT molecular complexity index is 1200. The predicted octanol–water partition coefficient (Wildman–Crippen LogP) is 4.67. The molecule has 0 aliphatic rings. The zero-order valence-corrected chi connectivity index (χ0v) is 17.7. The molecule has 0 spiro atoms. The highest BCUT2D eigenvalue weighted by atomic mass is 16.4. The van der Waals surface area contributed by atoms with E-state index in [1.165, 1.54) is 29.2 Å². The molecule has 6 heteroatoms. The Morgan fingerprint density at radius 1 is 0.968 bits per heavy atom. The van der Waals surface area contributed by atoms with Gasteiger partial charge in [-0.25, -0.2) is 4.79 Å². The van der Waals surface area contributed by atoms with Crippen molar-refractivity contribution in [2.75, 3.05) is 18.9 Å². The van der Waals surface area contributed by atoms with Crippen LogP contribution >= 0.6 is 0 Å². The molecule has 0 aliphatic carbocycles. The number of benzene rings is 3. The summed E-state index contributed by atoms with van der Waals surface area (Å²) in [6.45, 7) is 4.17. The first kappa shape index (κ1) is 21.8. The van der Waals surface area contributed by atoms with Gasteiger partial charge in [-0.15, -0.1) is 0 Å². The number of hydrogen-bond donors (Lipinski definition) is 2. The lowest BCUT2D eigenvalue weighted by atomic mass is 10.0. The van der Waals surface area contributed by atoms with Crippen LogP contribution in [-0.4, -0.2) is 41.4 Å². The zero-order chi connectivity index (χ0) is 22.5. The number of carboxylic acids is 1. The molecule has 2 N–H and O–H groups in total. The summed E-state index contributed by atoms with van der Waals surface area (Å²) in [5.41, 5.74) is 1.93. The SMILES string of the molecule is CCN(C)C(=O)c1ccc(C(=O)O)c(NC(=O)C=C(C)c2ccc3ccccc3c2)c1. The Hall–Kier alpha value is -3.93. The van der Waals surface area contributed by atoms with Crippen molar-refractivity contribution in [2.45, 2.75) is 13.8 Å². The number of carbonyl (C=O) groups excluding carboxylic acids is 2. The molecule has 31 heavy (non-hydrogen) atoms. The van der Waals surface area contributed by atoms with E-state index in [1.54, 1.807) is 7.05 Å². The van der Waals surface area contributed by atoms with Crippen molar-refractivity contribution < 1.29 is 19.5 Å². The van der Waals surface area contributed by atoms with Crippen LogP contribution in [0.15, 0.2) is 66.7 Å². The lowest BCUT2D eigenvalue weighted by Gasteiger charge is -2.16. The van der Waals surface area contributed by atoms with Crippen LogP contribution in [0.3, 0.4) is 0 Å². The Morgan fingerprint density at radius 2 is 1.65 bits per heavy atom. The first-order valence-corrected chi connectivity index (χ1v) is 9.91. The number of rotatable bonds is 6. The van der Waals surface area contributed by atoms with E-state index in [0.717, 1.165) is 21.9 Å². The third-order valence-corrected chi connectivity index (χ3v) is 5.13. The van der Waals surface area contributed by atoms with E-state index in [9.17, 15) is 19.5 Å². The maximum atomic E-state index is 12.6. The van der Waals surface area contributed by atoms with Crippen molar-refractivity contribution >= 4 is 39.8 Å². The summed E-state index contributed by atoms with van der Waals surface area (Å²) >= 11 is 0. The Kier molecular flexibility index (Phi) is 6.50. The lowest BCUT2D eigenvalue weighted by molar-refractivity contribution is -0.111. The number of hydrogen-bond acceptors (Lipinski definition) is 3. The van der Waals surface area contributed by atoms with E-state index in [1.807, 2.05) is 56.3 Å². The van der Waals surface area contributed by atoms with E-state index in [0.29, 0.717) is 12.1 Å². The van der Waals surface area contributed by atoms with Crippen molar-refractivity contribution in [1.82, 2.24) is 4.90 Å². The summed E-state index contributed by atoms with van der Waals surface area (Å²) in [4.78, 5) is 38.1. The van der Waals surface area contributed by atoms with Gasteiger partial charge in [0.1, 0.15) is 0 Å². The van der Waals surface area contributed by atoms with Crippen molar-refractivity contribution in [3.63, 3.8) is 0 Å². The second-order valence-corrected chi connectivity index (χ2v) is 7.26. The molecule has 0 unspecified atom stereocenters. The molecule has 0 heterocycles. The molecule has 0 aromatic heterocycles. The summed E-state index contributed by atoms with van der Waals surface area (Å²) in [5.74, 6) is -1.91. The quantitative estimate of drug-likeness (QED) is 0.572. The van der Waals surface area contributed by atoms with E-state index in [2.05, 4.69) is 5.32 Å². The minimum Gasteiger partial charge on any atom is -0.478 e. The number of nitrogens with one attached hydrogen (secondary N) is 1. The molecule has 2 amide bonds. The molecule has 6 nitrogen and oxygen atoms in total. The van der Waals surface area contributed by atoms with Gasteiger partial charge in [0, 0.05) is 25.2 Å². The van der Waals surface area contributed by atoms with Gasteiger partial charge in [-0.05, 0) is 60.0 Å². The monoisotopic (exact) mass is 416 g/mol. The van der Waals surface area contributed by atoms with Gasteiger partial charge in [-0.3, -0.25) is 9.59 Å². The number of nitrogens with zero attached hydrogens (tertiary/aromatic N) is 1. The topological polar surface area (TPSA) is 86.7 Å². The smallest absolute Gasteiger partial charge is 0.337 e. The molecule has 0 radical (unpaired) electrons. The fraction of sp³-hybridized carbons (Fsp3) is 0.160. The standard InChI is InChI=1S/C25H24N2O4/c1-4-27(3)24(29)20-11-12-21(25(30)31)22(15-20)26-23(28)13-16(2)18-10-9-17-7-5-6-8-19(17)14-18/h5-15H,4H2,1-3H3,(H,26,28)(H,30,31). The highest BCUT2D eigenvalue weighted by Gasteiger charge is 2.17. The van der Waals surface area contributed by atoms with Gasteiger partial charge in [-0.2, -0.15) is 0 Å². The van der Waals surface area contributed by atoms with Crippen LogP contribution in [0.1, 0.15) is 40.1 Å². The number of carbonyl (C=O) groups is 3. The molecule has 0 atom stereocenters. The highest BCUT2D eigenvalue weighted by molar-refractivity contribution is 6.08. The van der Waals surface area contributed by atoms with Crippen LogP contribution in [-0.2, 0) is 4.79 Å². The van der Waals surface area contributed by atoms with Gasteiger partial charge >= 0.3 is 5.97 Å². The average Bonchev–Trinajstić information content (AvgIpc) is 2.77. The molecule has 0 aliphatic heterocycles. The van der Waals surface area contributed by atoms with Gasteiger partial charge in [0.2, 0.25) is 5.91 Å². The summed E-state index contributed by atoms with van der Waals surface area (Å²) in [7, 11) is 1.65. The van der Waals surface area contributed by atoms with Crippen LogP contribution in [0.5, 0.6) is 0 Å². The van der Waals surface area contributed by atoms with E-state index in [4.69, 9.17) is 0 Å². The zero-order valence-electron chi connectivity index (χ0n) is 17.7. The van der Waals surface area contributed by atoms with Crippen molar-refractivity contribution in [2.24, 2.45) is 0 Å². The first-order chi connectivity index (χ1) is 14.8. The Balaban J connectivity index is 1.88. The molecular weight excluding hydrogens is 392 g/mol. The van der Waals surface area contributed by atoms with Crippen LogP contribution in [0, 0.1) is 0 Å². The maximum absolute atomic E-state index is 12.6. The molecule has 3 aromatic carbocycles. The molecule has 0 fully saturated rings. The van der Waals surface area contributed by atoms with Gasteiger partial charge in [0.15, 0.2) is 0 Å². The van der Waals surface area contributed by atoms with Crippen molar-refractivity contribution in [3.05, 3.63) is 83.4 Å². The summed E-state index contributed by atoms with van der Waals surface area (Å²) < 4.78 is 0. The molecule has 3 aromatic rings. The van der Waals surface area contributed by atoms with E-state index in [-0.39, 0.29) is 17.2 Å². The fourth-order valence-electron chi connectivity index (χ4n) is 3.21. The number of carboxylic acid groups (broad SMARTS) is 1. The van der Waals surface area contributed by atoms with Gasteiger partial charge in [-0.1, -0.05) is 36.4 Å². The summed E-state index contributed by atoms with van der Waals surface area (Å²) in [6, 6.07) is 18.0. The number of amides is 2. The van der Waals surface area contributed by atoms with Crippen molar-refractivity contribution in [3.8, 4) is 0 Å². The second-order valence-electron chi connectivity index (χ2n) is 7.26. The Morgan fingerprint density at radius 3 is 2.32 bits per heavy atom. The normalized spacial score (nSPS) is 11.3. The largest absolute Gasteiger partial charge is 0.478 e. The maximum Gasteiger partial charge on any atom is 0.337 e. The van der Waals surface area contributed by atoms with E-state index >= 15 is 0 Å². The van der Waals surface area contributed by atoms with Gasteiger partial charge in [0.25, 0.3) is 5.91 Å². The third-order valence-electron chi connectivity index (χ3n) is 5.13. The minimum absolute atomic E-state index is 0.0791. The number of fused-ring (bicyclic) bond motifs is 1. The molecule has 3 rings (SSSR count). The van der Waals surface area contributed by atoms with Gasteiger partial charge < -0.3 is 15.3 Å². The molecular formula is C25H24N2O4. The highest BCUT2D eigenvalue weighted by Crippen LogP contribution is 2.22. The fourth-order valence-corrected chi connectivity index (χ4v) is 3.21. The molecule has 0 saturated heterocycles. The number of aromatic carboxylic acids is 1. The molecule has 0 saturated carbocycles. The van der Waals surface area contributed by atoms with Crippen LogP contribution in [0.4, 0.5) is 5.69 Å². The van der Waals surface area contributed by atoms with Crippen LogP contribution in [0.25, 0.3) is 16.3 Å². The minimum atomic E-state index is -1.19.